The number of aryl methyl sites for hydroxylation is 1. The van der Waals surface area contributed by atoms with E-state index in [1.165, 1.54) is 17.7 Å². The lowest BCUT2D eigenvalue weighted by Crippen LogP contribution is -1.79. The molecule has 0 atom stereocenters. The highest BCUT2D eigenvalue weighted by Gasteiger charge is 2.07. The fraction of sp³-hybridized carbons (Fsp3) is 0.125. The molecule has 2 heterocycles. The molecule has 0 radical (unpaired) electrons. The second-order valence-corrected chi connectivity index (χ2v) is 3.73. The Morgan fingerprint density at radius 2 is 2.00 bits per heavy atom. The molecule has 0 saturated carbocycles. The van der Waals surface area contributed by atoms with Crippen LogP contribution < -0.4 is 0 Å². The van der Waals surface area contributed by atoms with Gasteiger partial charge in [0.05, 0.1) is 4.88 Å². The molecule has 4 nitrogen and oxygen atoms in total. The molecule has 2 aromatic heterocycles. The molecular formula is C8H7N3OS. The van der Waals surface area contributed by atoms with Gasteiger partial charge in [-0.05, 0) is 6.92 Å². The molecule has 0 aromatic carbocycles. The highest BCUT2D eigenvalue weighted by molar-refractivity contribution is 7.15. The van der Waals surface area contributed by atoms with Crippen molar-refractivity contribution in [1.82, 2.24) is 15.0 Å². The van der Waals surface area contributed by atoms with E-state index in [9.17, 15) is 5.11 Å². The quantitative estimate of drug-likeness (QED) is 0.747. The predicted molar refractivity (Wildman–Crippen MR) is 49.5 cm³/mol. The number of aromatic nitrogens is 3. The summed E-state index contributed by atoms with van der Waals surface area (Å²) in [4.78, 5) is 12.5. The van der Waals surface area contributed by atoms with Crippen molar-refractivity contribution in [2.24, 2.45) is 0 Å². The summed E-state index contributed by atoms with van der Waals surface area (Å²) in [6.45, 7) is 1.82. The van der Waals surface area contributed by atoms with Crippen molar-refractivity contribution in [3.8, 4) is 16.5 Å². The number of hydrogen-bond acceptors (Lipinski definition) is 5. The van der Waals surface area contributed by atoms with Crippen LogP contribution in [0.2, 0.25) is 0 Å². The van der Waals surface area contributed by atoms with Crippen LogP contribution in [0.5, 0.6) is 5.88 Å². The fourth-order valence-corrected chi connectivity index (χ4v) is 1.70. The van der Waals surface area contributed by atoms with Gasteiger partial charge in [0, 0.05) is 18.0 Å². The molecule has 0 aliphatic carbocycles. The maximum atomic E-state index is 9.26. The lowest BCUT2D eigenvalue weighted by Gasteiger charge is -1.90. The van der Waals surface area contributed by atoms with E-state index in [4.69, 9.17) is 0 Å². The lowest BCUT2D eigenvalue weighted by molar-refractivity contribution is 0.454. The first-order valence-corrected chi connectivity index (χ1v) is 4.51. The minimum absolute atomic E-state index is 0.0869. The Hall–Kier alpha value is -1.49. The number of rotatable bonds is 1. The summed E-state index contributed by atoms with van der Waals surface area (Å²) in [6.07, 6.45) is 4.80. The van der Waals surface area contributed by atoms with Gasteiger partial charge in [0.2, 0.25) is 5.88 Å². The van der Waals surface area contributed by atoms with E-state index in [0.717, 1.165) is 15.4 Å². The molecule has 0 bridgehead atoms. The standard InChI is InChI=1S/C8H7N3OS/c1-5-7(12)11-8(13-5)6-2-9-4-10-3-6/h2-4,12H,1H3. The molecule has 13 heavy (non-hydrogen) atoms. The van der Waals surface area contributed by atoms with Gasteiger partial charge in [-0.15, -0.1) is 11.3 Å². The first kappa shape index (κ1) is 8.12. The topological polar surface area (TPSA) is 58.9 Å². The Balaban J connectivity index is 2.48. The molecule has 0 aliphatic rings. The van der Waals surface area contributed by atoms with Gasteiger partial charge in [0.15, 0.2) is 0 Å². The molecule has 66 valence electrons. The molecule has 0 saturated heterocycles. The first-order valence-electron chi connectivity index (χ1n) is 3.69. The van der Waals surface area contributed by atoms with Crippen LogP contribution in [0.1, 0.15) is 4.88 Å². The van der Waals surface area contributed by atoms with E-state index in [-0.39, 0.29) is 5.88 Å². The first-order chi connectivity index (χ1) is 6.27. The number of thiazole rings is 1. The van der Waals surface area contributed by atoms with Gasteiger partial charge in [-0.2, -0.15) is 0 Å². The van der Waals surface area contributed by atoms with Crippen molar-refractivity contribution in [3.63, 3.8) is 0 Å². The zero-order chi connectivity index (χ0) is 9.26. The van der Waals surface area contributed by atoms with E-state index < -0.39 is 0 Å². The summed E-state index contributed by atoms with van der Waals surface area (Å²) in [7, 11) is 0. The zero-order valence-electron chi connectivity index (χ0n) is 6.93. The van der Waals surface area contributed by atoms with Crippen LogP contribution in [0.25, 0.3) is 10.6 Å². The van der Waals surface area contributed by atoms with Crippen LogP contribution in [-0.2, 0) is 0 Å². The third-order valence-corrected chi connectivity index (χ3v) is 2.59. The maximum absolute atomic E-state index is 9.26. The van der Waals surface area contributed by atoms with Gasteiger partial charge in [-0.3, -0.25) is 0 Å². The molecule has 5 heteroatoms. The SMILES string of the molecule is Cc1sc(-c2cncnc2)nc1O. The van der Waals surface area contributed by atoms with Gasteiger partial charge < -0.3 is 5.11 Å². The minimum atomic E-state index is 0.0869. The van der Waals surface area contributed by atoms with Crippen LogP contribution in [-0.4, -0.2) is 20.1 Å². The molecule has 0 fully saturated rings. The number of nitrogens with zero attached hydrogens (tertiary/aromatic N) is 3. The summed E-state index contributed by atoms with van der Waals surface area (Å²) in [5.41, 5.74) is 0.830. The number of aromatic hydroxyl groups is 1. The lowest BCUT2D eigenvalue weighted by atomic mass is 10.4. The van der Waals surface area contributed by atoms with Gasteiger partial charge in [0.25, 0.3) is 0 Å². The third-order valence-electron chi connectivity index (χ3n) is 1.58. The Kier molecular flexibility index (Phi) is 1.94. The van der Waals surface area contributed by atoms with Crippen molar-refractivity contribution < 1.29 is 5.11 Å². The molecule has 1 N–H and O–H groups in total. The normalized spacial score (nSPS) is 10.2. The van der Waals surface area contributed by atoms with Crippen molar-refractivity contribution in [2.75, 3.05) is 0 Å². The molecule has 2 aromatic rings. The van der Waals surface area contributed by atoms with Crippen molar-refractivity contribution in [2.45, 2.75) is 6.92 Å². The second kappa shape index (κ2) is 3.10. The van der Waals surface area contributed by atoms with Crippen LogP contribution in [0, 0.1) is 6.92 Å². The van der Waals surface area contributed by atoms with E-state index in [2.05, 4.69) is 15.0 Å². The monoisotopic (exact) mass is 193 g/mol. The van der Waals surface area contributed by atoms with Crippen LogP contribution in [0.3, 0.4) is 0 Å². The molecule has 2 rings (SSSR count). The van der Waals surface area contributed by atoms with E-state index in [1.807, 2.05) is 6.92 Å². The molecule has 0 spiro atoms. The van der Waals surface area contributed by atoms with E-state index in [0.29, 0.717) is 0 Å². The Labute approximate surface area is 78.9 Å². The van der Waals surface area contributed by atoms with Gasteiger partial charge in [0.1, 0.15) is 11.3 Å². The summed E-state index contributed by atoms with van der Waals surface area (Å²) in [6, 6.07) is 0. The average Bonchev–Trinajstić information content (AvgIpc) is 2.49. The van der Waals surface area contributed by atoms with Crippen LogP contribution in [0.4, 0.5) is 0 Å². The summed E-state index contributed by atoms with van der Waals surface area (Å²) in [5, 5.41) is 10.0. The third kappa shape index (κ3) is 1.50. The maximum Gasteiger partial charge on any atom is 0.225 e. The summed E-state index contributed by atoms with van der Waals surface area (Å²) >= 11 is 1.43. The van der Waals surface area contributed by atoms with E-state index in [1.54, 1.807) is 12.4 Å². The highest BCUT2D eigenvalue weighted by atomic mass is 32.1. The average molecular weight is 193 g/mol. The molecular weight excluding hydrogens is 186 g/mol. The minimum Gasteiger partial charge on any atom is -0.492 e. The second-order valence-electron chi connectivity index (χ2n) is 2.53. The summed E-state index contributed by atoms with van der Waals surface area (Å²) < 4.78 is 0. The van der Waals surface area contributed by atoms with Crippen molar-refractivity contribution in [3.05, 3.63) is 23.6 Å². The van der Waals surface area contributed by atoms with E-state index >= 15 is 0 Å². The fourth-order valence-electron chi connectivity index (χ4n) is 0.921. The number of hydrogen-bond donors (Lipinski definition) is 1. The zero-order valence-corrected chi connectivity index (χ0v) is 7.75. The van der Waals surface area contributed by atoms with Crippen molar-refractivity contribution >= 4 is 11.3 Å². The van der Waals surface area contributed by atoms with Crippen molar-refractivity contribution in [1.29, 1.82) is 0 Å². The Bertz CT molecular complexity index is 393. The van der Waals surface area contributed by atoms with Crippen LogP contribution >= 0.6 is 11.3 Å². The smallest absolute Gasteiger partial charge is 0.225 e. The van der Waals surface area contributed by atoms with Gasteiger partial charge in [-0.25, -0.2) is 15.0 Å². The highest BCUT2D eigenvalue weighted by Crippen LogP contribution is 2.29. The predicted octanol–water partition coefficient (Wildman–Crippen LogP) is 1.61. The molecule has 0 amide bonds. The summed E-state index contributed by atoms with van der Waals surface area (Å²) in [5.74, 6) is 0.0869. The van der Waals surface area contributed by atoms with Crippen LogP contribution in [0.15, 0.2) is 18.7 Å². The Morgan fingerprint density at radius 1 is 1.31 bits per heavy atom. The Morgan fingerprint density at radius 3 is 2.54 bits per heavy atom. The molecule has 0 aliphatic heterocycles. The molecule has 0 unspecified atom stereocenters. The van der Waals surface area contributed by atoms with Gasteiger partial charge >= 0.3 is 0 Å². The van der Waals surface area contributed by atoms with Gasteiger partial charge in [-0.1, -0.05) is 0 Å². The largest absolute Gasteiger partial charge is 0.492 e.